The van der Waals surface area contributed by atoms with Crippen molar-refractivity contribution in [3.8, 4) is 0 Å². The van der Waals surface area contributed by atoms with E-state index >= 15 is 0 Å². The van der Waals surface area contributed by atoms with Gasteiger partial charge in [-0.1, -0.05) is 30.3 Å². The number of benzene rings is 1. The van der Waals surface area contributed by atoms with E-state index < -0.39 is 0 Å². The molecule has 100 valence electrons. The summed E-state index contributed by atoms with van der Waals surface area (Å²) in [5.41, 5.74) is 1.16. The van der Waals surface area contributed by atoms with Gasteiger partial charge in [-0.15, -0.1) is 0 Å². The SMILES string of the molecule is OC[C@H]1C[C@@H](CO)N(Cc2ccccc2)[C@@H]1CO. The first kappa shape index (κ1) is 13.5. The van der Waals surface area contributed by atoms with Gasteiger partial charge >= 0.3 is 0 Å². The normalized spacial score (nSPS) is 28.7. The number of hydrogen-bond donors (Lipinski definition) is 3. The second-order valence-corrected chi connectivity index (χ2v) is 4.92. The molecule has 3 N–H and O–H groups in total. The first-order valence-corrected chi connectivity index (χ1v) is 6.42. The molecule has 1 fully saturated rings. The summed E-state index contributed by atoms with van der Waals surface area (Å²) < 4.78 is 0. The zero-order valence-electron chi connectivity index (χ0n) is 10.4. The van der Waals surface area contributed by atoms with Crippen molar-refractivity contribution < 1.29 is 15.3 Å². The number of likely N-dealkylation sites (tertiary alicyclic amines) is 1. The average Bonchev–Trinajstić information content (AvgIpc) is 2.77. The van der Waals surface area contributed by atoms with E-state index in [2.05, 4.69) is 4.90 Å². The maximum atomic E-state index is 9.49. The number of rotatable bonds is 5. The zero-order valence-corrected chi connectivity index (χ0v) is 10.4. The molecule has 4 nitrogen and oxygen atoms in total. The van der Waals surface area contributed by atoms with Crippen molar-refractivity contribution >= 4 is 0 Å². The monoisotopic (exact) mass is 251 g/mol. The molecule has 3 atom stereocenters. The maximum absolute atomic E-state index is 9.49. The van der Waals surface area contributed by atoms with Gasteiger partial charge in [0.2, 0.25) is 0 Å². The third-order valence-corrected chi connectivity index (χ3v) is 3.85. The van der Waals surface area contributed by atoms with Crippen LogP contribution in [-0.2, 0) is 6.54 Å². The van der Waals surface area contributed by atoms with E-state index in [1.807, 2.05) is 30.3 Å². The third kappa shape index (κ3) is 2.72. The summed E-state index contributed by atoms with van der Waals surface area (Å²) in [6, 6.07) is 9.97. The lowest BCUT2D eigenvalue weighted by Gasteiger charge is -2.29. The molecule has 1 aliphatic heterocycles. The minimum atomic E-state index is -0.0626. The van der Waals surface area contributed by atoms with Crippen LogP contribution in [0, 0.1) is 5.92 Å². The van der Waals surface area contributed by atoms with Crippen molar-refractivity contribution in [3.05, 3.63) is 35.9 Å². The summed E-state index contributed by atoms with van der Waals surface area (Å²) >= 11 is 0. The Hall–Kier alpha value is -0.940. The summed E-state index contributed by atoms with van der Waals surface area (Å²) in [4.78, 5) is 2.11. The van der Waals surface area contributed by atoms with E-state index in [-0.39, 0.29) is 37.8 Å². The third-order valence-electron chi connectivity index (χ3n) is 3.85. The van der Waals surface area contributed by atoms with Gasteiger partial charge < -0.3 is 15.3 Å². The Morgan fingerprint density at radius 3 is 2.28 bits per heavy atom. The van der Waals surface area contributed by atoms with Crippen LogP contribution in [0.4, 0.5) is 0 Å². The fourth-order valence-corrected chi connectivity index (χ4v) is 2.85. The first-order valence-electron chi connectivity index (χ1n) is 6.42. The fraction of sp³-hybridized carbons (Fsp3) is 0.571. The second kappa shape index (κ2) is 6.29. The second-order valence-electron chi connectivity index (χ2n) is 4.92. The van der Waals surface area contributed by atoms with Gasteiger partial charge in [0.15, 0.2) is 0 Å². The molecule has 1 saturated heterocycles. The average molecular weight is 251 g/mol. The van der Waals surface area contributed by atoms with Gasteiger partial charge in [-0.05, 0) is 12.0 Å². The Morgan fingerprint density at radius 1 is 1.00 bits per heavy atom. The lowest BCUT2D eigenvalue weighted by Crippen LogP contribution is -2.41. The van der Waals surface area contributed by atoms with Crippen molar-refractivity contribution in [1.82, 2.24) is 4.90 Å². The van der Waals surface area contributed by atoms with E-state index in [0.29, 0.717) is 6.54 Å². The van der Waals surface area contributed by atoms with Crippen LogP contribution < -0.4 is 0 Å². The Labute approximate surface area is 107 Å². The van der Waals surface area contributed by atoms with Crippen LogP contribution in [-0.4, -0.2) is 52.1 Å². The minimum absolute atomic E-state index is 0.0224. The quantitative estimate of drug-likeness (QED) is 0.700. The fourth-order valence-electron chi connectivity index (χ4n) is 2.85. The number of hydrogen-bond acceptors (Lipinski definition) is 4. The summed E-state index contributed by atoms with van der Waals surface area (Å²) in [7, 11) is 0. The molecule has 1 aliphatic rings. The Morgan fingerprint density at radius 2 is 1.72 bits per heavy atom. The molecule has 0 aliphatic carbocycles. The molecule has 1 heterocycles. The molecule has 0 amide bonds. The number of aliphatic hydroxyl groups excluding tert-OH is 3. The van der Waals surface area contributed by atoms with Gasteiger partial charge in [-0.3, -0.25) is 4.90 Å². The first-order chi connectivity index (χ1) is 8.80. The number of aliphatic hydroxyl groups is 3. The molecule has 2 rings (SSSR count). The van der Waals surface area contributed by atoms with Gasteiger partial charge in [0, 0.05) is 31.2 Å². The molecule has 0 radical (unpaired) electrons. The topological polar surface area (TPSA) is 63.9 Å². The van der Waals surface area contributed by atoms with E-state index in [0.717, 1.165) is 12.0 Å². The molecule has 0 aromatic heterocycles. The van der Waals surface area contributed by atoms with Gasteiger partial charge in [-0.25, -0.2) is 0 Å². The summed E-state index contributed by atoms with van der Waals surface area (Å²) in [6.45, 7) is 0.856. The van der Waals surface area contributed by atoms with E-state index in [9.17, 15) is 15.3 Å². The van der Waals surface area contributed by atoms with Gasteiger partial charge in [0.25, 0.3) is 0 Å². The summed E-state index contributed by atoms with van der Waals surface area (Å²) in [6.07, 6.45) is 0.741. The highest BCUT2D eigenvalue weighted by atomic mass is 16.3. The lowest BCUT2D eigenvalue weighted by molar-refractivity contribution is 0.0717. The Kier molecular flexibility index (Phi) is 4.72. The maximum Gasteiger partial charge on any atom is 0.0590 e. The van der Waals surface area contributed by atoms with E-state index in [4.69, 9.17) is 0 Å². The highest BCUT2D eigenvalue weighted by molar-refractivity contribution is 5.15. The van der Waals surface area contributed by atoms with Crippen LogP contribution in [0.1, 0.15) is 12.0 Å². The highest BCUT2D eigenvalue weighted by Crippen LogP contribution is 2.30. The molecular weight excluding hydrogens is 230 g/mol. The Balaban J connectivity index is 2.12. The van der Waals surface area contributed by atoms with E-state index in [1.165, 1.54) is 0 Å². The smallest absolute Gasteiger partial charge is 0.0590 e. The molecule has 18 heavy (non-hydrogen) atoms. The van der Waals surface area contributed by atoms with Crippen LogP contribution in [0.3, 0.4) is 0 Å². The molecule has 1 aromatic rings. The lowest BCUT2D eigenvalue weighted by atomic mass is 10.0. The predicted octanol–water partition coefficient (Wildman–Crippen LogP) is 0.223. The standard InChI is InChI=1S/C14H21NO3/c16-8-12-6-13(9-17)15(14(12)10-18)7-11-4-2-1-3-5-11/h1-5,12-14,16-18H,6-10H2/t12-,13+,14-/m1/s1. The molecule has 0 bridgehead atoms. The van der Waals surface area contributed by atoms with E-state index in [1.54, 1.807) is 0 Å². The van der Waals surface area contributed by atoms with Crippen LogP contribution >= 0.6 is 0 Å². The molecule has 4 heteroatoms. The predicted molar refractivity (Wildman–Crippen MR) is 68.9 cm³/mol. The van der Waals surface area contributed by atoms with Gasteiger partial charge in [-0.2, -0.15) is 0 Å². The summed E-state index contributed by atoms with van der Waals surface area (Å²) in [5, 5.41) is 28.3. The van der Waals surface area contributed by atoms with Crippen LogP contribution in [0.5, 0.6) is 0 Å². The van der Waals surface area contributed by atoms with Crippen LogP contribution in [0.2, 0.25) is 0 Å². The molecule has 0 unspecified atom stereocenters. The molecule has 1 aromatic carbocycles. The summed E-state index contributed by atoms with van der Waals surface area (Å²) in [5.74, 6) is 0.0517. The van der Waals surface area contributed by atoms with Crippen LogP contribution in [0.25, 0.3) is 0 Å². The van der Waals surface area contributed by atoms with Gasteiger partial charge in [0.1, 0.15) is 0 Å². The van der Waals surface area contributed by atoms with Crippen molar-refractivity contribution in [2.45, 2.75) is 25.0 Å². The molecule has 0 spiro atoms. The van der Waals surface area contributed by atoms with Crippen molar-refractivity contribution in [2.75, 3.05) is 19.8 Å². The largest absolute Gasteiger partial charge is 0.396 e. The zero-order chi connectivity index (χ0) is 13.0. The highest BCUT2D eigenvalue weighted by Gasteiger charge is 2.39. The van der Waals surface area contributed by atoms with Gasteiger partial charge in [0.05, 0.1) is 13.2 Å². The Bertz CT molecular complexity index is 357. The minimum Gasteiger partial charge on any atom is -0.396 e. The van der Waals surface area contributed by atoms with Crippen molar-refractivity contribution in [3.63, 3.8) is 0 Å². The number of nitrogens with zero attached hydrogens (tertiary/aromatic N) is 1. The van der Waals surface area contributed by atoms with Crippen LogP contribution in [0.15, 0.2) is 30.3 Å². The van der Waals surface area contributed by atoms with Crippen molar-refractivity contribution in [1.29, 1.82) is 0 Å². The molecular formula is C14H21NO3. The molecule has 0 saturated carbocycles. The van der Waals surface area contributed by atoms with Crippen molar-refractivity contribution in [2.24, 2.45) is 5.92 Å².